The average molecular weight is 331 g/mol. The molecule has 0 saturated heterocycles. The van der Waals surface area contributed by atoms with Crippen molar-refractivity contribution >= 4 is 21.7 Å². The van der Waals surface area contributed by atoms with E-state index in [1.807, 2.05) is 30.3 Å². The van der Waals surface area contributed by atoms with E-state index in [-0.39, 0.29) is 5.78 Å². The van der Waals surface area contributed by atoms with Crippen molar-refractivity contribution in [2.24, 2.45) is 0 Å². The zero-order chi connectivity index (χ0) is 14.1. The second kappa shape index (κ2) is 5.41. The molecule has 1 aliphatic rings. The van der Waals surface area contributed by atoms with Gasteiger partial charge < -0.3 is 4.74 Å². The van der Waals surface area contributed by atoms with Gasteiger partial charge in [-0.15, -0.1) is 0 Å². The molecule has 0 N–H and O–H groups in total. The average Bonchev–Trinajstić information content (AvgIpc) is 2.93. The third-order valence-corrected chi connectivity index (χ3v) is 4.26. The molecule has 2 aromatic carbocycles. The standard InChI is InChI=1S/C17H15BrO2/c1-20-16-8-7-14(18)10-15(16)17(19)13-6-5-11-3-2-4-12(11)9-13/h5-10H,2-4H2,1H3. The number of hydrogen-bond acceptors (Lipinski definition) is 2. The molecule has 2 nitrogen and oxygen atoms in total. The molecule has 0 spiro atoms. The fourth-order valence-corrected chi connectivity index (χ4v) is 3.09. The van der Waals surface area contributed by atoms with Crippen LogP contribution in [0.1, 0.15) is 33.5 Å². The Morgan fingerprint density at radius 3 is 2.70 bits per heavy atom. The zero-order valence-corrected chi connectivity index (χ0v) is 12.9. The number of carbonyl (C=O) groups excluding carboxylic acids is 1. The van der Waals surface area contributed by atoms with Gasteiger partial charge in [-0.1, -0.05) is 28.1 Å². The molecule has 0 unspecified atom stereocenters. The molecule has 0 fully saturated rings. The lowest BCUT2D eigenvalue weighted by atomic mass is 9.99. The van der Waals surface area contributed by atoms with Gasteiger partial charge in [-0.2, -0.15) is 0 Å². The topological polar surface area (TPSA) is 26.3 Å². The molecule has 0 saturated carbocycles. The molecule has 3 rings (SSSR count). The van der Waals surface area contributed by atoms with Crippen LogP contribution in [-0.2, 0) is 12.8 Å². The second-order valence-corrected chi connectivity index (χ2v) is 5.93. The van der Waals surface area contributed by atoms with Gasteiger partial charge in [0.25, 0.3) is 0 Å². The molecule has 2 aromatic rings. The van der Waals surface area contributed by atoms with Crippen LogP contribution in [0.2, 0.25) is 0 Å². The number of methoxy groups -OCH3 is 1. The van der Waals surface area contributed by atoms with Gasteiger partial charge >= 0.3 is 0 Å². The quantitative estimate of drug-likeness (QED) is 0.789. The first kappa shape index (κ1) is 13.4. The van der Waals surface area contributed by atoms with E-state index < -0.39 is 0 Å². The molecule has 0 amide bonds. The van der Waals surface area contributed by atoms with E-state index in [1.54, 1.807) is 7.11 Å². The Labute approximate surface area is 126 Å². The van der Waals surface area contributed by atoms with Gasteiger partial charge in [0.15, 0.2) is 5.78 Å². The first-order valence-corrected chi connectivity index (χ1v) is 7.48. The SMILES string of the molecule is COc1ccc(Br)cc1C(=O)c1ccc2c(c1)CCC2. The van der Waals surface area contributed by atoms with Crippen molar-refractivity contribution in [3.63, 3.8) is 0 Å². The van der Waals surface area contributed by atoms with Crippen molar-refractivity contribution in [2.75, 3.05) is 7.11 Å². The Morgan fingerprint density at radius 2 is 1.90 bits per heavy atom. The van der Waals surface area contributed by atoms with Crippen LogP contribution in [-0.4, -0.2) is 12.9 Å². The Kier molecular flexibility index (Phi) is 3.62. The largest absolute Gasteiger partial charge is 0.496 e. The Hall–Kier alpha value is -1.61. The van der Waals surface area contributed by atoms with Gasteiger partial charge in [-0.05, 0) is 54.7 Å². The molecule has 0 radical (unpaired) electrons. The van der Waals surface area contributed by atoms with Crippen molar-refractivity contribution in [2.45, 2.75) is 19.3 Å². The molecule has 0 heterocycles. The fourth-order valence-electron chi connectivity index (χ4n) is 2.73. The Balaban J connectivity index is 2.02. The number of carbonyl (C=O) groups is 1. The van der Waals surface area contributed by atoms with Crippen LogP contribution < -0.4 is 4.74 Å². The third kappa shape index (κ3) is 2.38. The van der Waals surface area contributed by atoms with E-state index in [0.717, 1.165) is 22.9 Å². The molecule has 0 bridgehead atoms. The Bertz CT molecular complexity index is 677. The van der Waals surface area contributed by atoms with Gasteiger partial charge in [0.2, 0.25) is 0 Å². The van der Waals surface area contributed by atoms with E-state index in [0.29, 0.717) is 11.3 Å². The molecular formula is C17H15BrO2. The van der Waals surface area contributed by atoms with Crippen LogP contribution in [0.4, 0.5) is 0 Å². The number of benzene rings is 2. The Morgan fingerprint density at radius 1 is 1.10 bits per heavy atom. The van der Waals surface area contributed by atoms with Crippen LogP contribution in [0.3, 0.4) is 0 Å². The highest BCUT2D eigenvalue weighted by Crippen LogP contribution is 2.28. The minimum Gasteiger partial charge on any atom is -0.496 e. The van der Waals surface area contributed by atoms with E-state index in [4.69, 9.17) is 4.74 Å². The third-order valence-electron chi connectivity index (χ3n) is 3.77. The van der Waals surface area contributed by atoms with E-state index in [9.17, 15) is 4.79 Å². The summed E-state index contributed by atoms with van der Waals surface area (Å²) in [7, 11) is 1.59. The van der Waals surface area contributed by atoms with Gasteiger partial charge in [0.1, 0.15) is 5.75 Å². The number of halogens is 1. The molecule has 0 atom stereocenters. The highest BCUT2D eigenvalue weighted by molar-refractivity contribution is 9.10. The maximum Gasteiger partial charge on any atom is 0.196 e. The number of aryl methyl sites for hydroxylation is 2. The van der Waals surface area contributed by atoms with Crippen molar-refractivity contribution in [1.29, 1.82) is 0 Å². The summed E-state index contributed by atoms with van der Waals surface area (Å²) in [6, 6.07) is 11.5. The monoisotopic (exact) mass is 330 g/mol. The number of ether oxygens (including phenoxy) is 1. The highest BCUT2D eigenvalue weighted by atomic mass is 79.9. The fraction of sp³-hybridized carbons (Fsp3) is 0.235. The minimum atomic E-state index is 0.0119. The maximum atomic E-state index is 12.7. The molecule has 1 aliphatic carbocycles. The van der Waals surface area contributed by atoms with Gasteiger partial charge in [-0.25, -0.2) is 0 Å². The highest BCUT2D eigenvalue weighted by Gasteiger charge is 2.18. The molecule has 102 valence electrons. The summed E-state index contributed by atoms with van der Waals surface area (Å²) >= 11 is 3.41. The predicted molar refractivity (Wildman–Crippen MR) is 82.6 cm³/mol. The summed E-state index contributed by atoms with van der Waals surface area (Å²) < 4.78 is 6.17. The normalized spacial score (nSPS) is 13.1. The minimum absolute atomic E-state index is 0.0119. The zero-order valence-electron chi connectivity index (χ0n) is 11.3. The van der Waals surface area contributed by atoms with Crippen LogP contribution in [0.5, 0.6) is 5.75 Å². The van der Waals surface area contributed by atoms with Gasteiger partial charge in [0, 0.05) is 10.0 Å². The lowest BCUT2D eigenvalue weighted by Gasteiger charge is -2.09. The van der Waals surface area contributed by atoms with Gasteiger partial charge in [-0.3, -0.25) is 4.79 Å². The van der Waals surface area contributed by atoms with E-state index in [2.05, 4.69) is 22.0 Å². The van der Waals surface area contributed by atoms with E-state index in [1.165, 1.54) is 17.5 Å². The second-order valence-electron chi connectivity index (χ2n) is 5.01. The molecule has 20 heavy (non-hydrogen) atoms. The van der Waals surface area contributed by atoms with Crippen molar-refractivity contribution < 1.29 is 9.53 Å². The van der Waals surface area contributed by atoms with Crippen molar-refractivity contribution in [3.8, 4) is 5.75 Å². The van der Waals surface area contributed by atoms with E-state index >= 15 is 0 Å². The summed E-state index contributed by atoms with van der Waals surface area (Å²) in [5.74, 6) is 0.622. The summed E-state index contributed by atoms with van der Waals surface area (Å²) in [6.45, 7) is 0. The lowest BCUT2D eigenvalue weighted by Crippen LogP contribution is -2.05. The van der Waals surface area contributed by atoms with Crippen LogP contribution in [0.15, 0.2) is 40.9 Å². The number of ketones is 1. The lowest BCUT2D eigenvalue weighted by molar-refractivity contribution is 0.103. The molecule has 3 heteroatoms. The predicted octanol–water partition coefficient (Wildman–Crippen LogP) is 4.18. The van der Waals surface area contributed by atoms with Crippen LogP contribution in [0.25, 0.3) is 0 Å². The van der Waals surface area contributed by atoms with Crippen LogP contribution >= 0.6 is 15.9 Å². The first-order chi connectivity index (χ1) is 9.69. The van der Waals surface area contributed by atoms with Crippen molar-refractivity contribution in [3.05, 3.63) is 63.1 Å². The maximum absolute atomic E-state index is 12.7. The number of hydrogen-bond donors (Lipinski definition) is 0. The van der Waals surface area contributed by atoms with Crippen LogP contribution in [0, 0.1) is 0 Å². The number of fused-ring (bicyclic) bond motifs is 1. The summed E-state index contributed by atoms with van der Waals surface area (Å²) in [6.07, 6.45) is 3.39. The van der Waals surface area contributed by atoms with Gasteiger partial charge in [0.05, 0.1) is 12.7 Å². The first-order valence-electron chi connectivity index (χ1n) is 6.69. The summed E-state index contributed by atoms with van der Waals surface area (Å²) in [4.78, 5) is 12.7. The molecule has 0 aromatic heterocycles. The molecule has 0 aliphatic heterocycles. The van der Waals surface area contributed by atoms with Crippen molar-refractivity contribution in [1.82, 2.24) is 0 Å². The summed E-state index contributed by atoms with van der Waals surface area (Å²) in [5, 5.41) is 0. The number of rotatable bonds is 3. The summed E-state index contributed by atoms with van der Waals surface area (Å²) in [5.41, 5.74) is 4.02. The smallest absolute Gasteiger partial charge is 0.196 e. The molecular weight excluding hydrogens is 316 g/mol.